The molecule has 0 unspecified atom stereocenters. The first kappa shape index (κ1) is 25.9. The van der Waals surface area contributed by atoms with E-state index < -0.39 is 12.3 Å². The van der Waals surface area contributed by atoms with Crippen molar-refractivity contribution in [1.82, 2.24) is 0 Å². The third-order valence-corrected chi connectivity index (χ3v) is 7.29. The number of hydrogen-bond acceptors (Lipinski definition) is 6. The number of carboxylic acids is 1. The average Bonchev–Trinajstić information content (AvgIpc) is 2.88. The van der Waals surface area contributed by atoms with Crippen LogP contribution in [0.2, 0.25) is 0 Å². The van der Waals surface area contributed by atoms with E-state index in [2.05, 4.69) is 12.2 Å². The van der Waals surface area contributed by atoms with Gasteiger partial charge in [-0.25, -0.2) is 4.79 Å². The Morgan fingerprint density at radius 2 is 1.72 bits per heavy atom. The molecule has 36 heavy (non-hydrogen) atoms. The van der Waals surface area contributed by atoms with Crippen molar-refractivity contribution in [3.8, 4) is 0 Å². The minimum atomic E-state index is -0.964. The largest absolute Gasteiger partial charge is 0.478 e. The lowest BCUT2D eigenvalue weighted by atomic mass is 9.91. The van der Waals surface area contributed by atoms with Gasteiger partial charge in [0.1, 0.15) is 0 Å². The summed E-state index contributed by atoms with van der Waals surface area (Å²) in [5.41, 5.74) is 3.46. The predicted molar refractivity (Wildman–Crippen MR) is 138 cm³/mol. The third-order valence-electron chi connectivity index (χ3n) is 6.12. The van der Waals surface area contributed by atoms with Crippen molar-refractivity contribution in [2.45, 2.75) is 43.8 Å². The van der Waals surface area contributed by atoms with E-state index in [1.807, 2.05) is 48.5 Å². The fourth-order valence-electron chi connectivity index (χ4n) is 4.22. The molecular weight excluding hydrogens is 478 g/mol. The summed E-state index contributed by atoms with van der Waals surface area (Å²) in [6.45, 7) is 3.48. The first-order chi connectivity index (χ1) is 17.4. The number of carbonyl (C=O) groups is 2. The Hall–Kier alpha value is -3.17. The van der Waals surface area contributed by atoms with Crippen molar-refractivity contribution in [3.63, 3.8) is 0 Å². The summed E-state index contributed by atoms with van der Waals surface area (Å²) in [6, 6.07) is 22.0. The number of hydrogen-bond donors (Lipinski definition) is 3. The lowest BCUT2D eigenvalue weighted by Crippen LogP contribution is -2.38. The molecule has 3 N–H and O–H groups in total. The predicted octanol–water partition coefficient (Wildman–Crippen LogP) is 5.42. The molecule has 1 fully saturated rings. The Morgan fingerprint density at radius 1 is 0.972 bits per heavy atom. The zero-order chi connectivity index (χ0) is 25.7. The molecule has 3 aromatic rings. The summed E-state index contributed by atoms with van der Waals surface area (Å²) >= 11 is 1.45. The van der Waals surface area contributed by atoms with Gasteiger partial charge in [-0.1, -0.05) is 55.5 Å². The van der Waals surface area contributed by atoms with E-state index >= 15 is 0 Å². The Morgan fingerprint density at radius 3 is 2.42 bits per heavy atom. The Kier molecular flexibility index (Phi) is 8.43. The highest BCUT2D eigenvalue weighted by Gasteiger charge is 2.38. The molecule has 8 heteroatoms. The van der Waals surface area contributed by atoms with Crippen molar-refractivity contribution in [3.05, 3.63) is 95.1 Å². The molecule has 0 bridgehead atoms. The molecule has 0 aromatic heterocycles. The van der Waals surface area contributed by atoms with E-state index in [1.165, 1.54) is 18.7 Å². The number of rotatable bonds is 8. The van der Waals surface area contributed by atoms with Crippen LogP contribution in [0.1, 0.15) is 53.3 Å². The van der Waals surface area contributed by atoms with Gasteiger partial charge in [0.2, 0.25) is 5.91 Å². The number of aromatic carboxylic acids is 1. The smallest absolute Gasteiger partial charge is 0.336 e. The molecule has 1 aliphatic rings. The highest BCUT2D eigenvalue weighted by Crippen LogP contribution is 2.43. The van der Waals surface area contributed by atoms with Gasteiger partial charge in [0.25, 0.3) is 0 Å². The number of anilines is 1. The van der Waals surface area contributed by atoms with E-state index in [0.29, 0.717) is 16.3 Å². The molecule has 4 atom stereocenters. The second kappa shape index (κ2) is 11.7. The third kappa shape index (κ3) is 6.14. The van der Waals surface area contributed by atoms with E-state index in [1.54, 1.807) is 24.3 Å². The Labute approximate surface area is 214 Å². The molecule has 1 heterocycles. The monoisotopic (exact) mass is 507 g/mol. The molecule has 0 radical (unpaired) electrons. The van der Waals surface area contributed by atoms with Gasteiger partial charge in [-0.2, -0.15) is 0 Å². The Bertz CT molecular complexity index is 1210. The van der Waals surface area contributed by atoms with Crippen molar-refractivity contribution < 1.29 is 29.3 Å². The summed E-state index contributed by atoms with van der Waals surface area (Å²) < 4.78 is 12.9. The van der Waals surface area contributed by atoms with Gasteiger partial charge in [-0.3, -0.25) is 4.79 Å². The molecule has 0 spiro atoms. The molecular formula is C28H29NO6S. The molecule has 1 amide bonds. The van der Waals surface area contributed by atoms with Crippen LogP contribution in [0.15, 0.2) is 77.7 Å². The molecule has 1 saturated heterocycles. The van der Waals surface area contributed by atoms with Gasteiger partial charge in [0, 0.05) is 34.7 Å². The lowest BCUT2D eigenvalue weighted by Gasteiger charge is -2.41. The van der Waals surface area contributed by atoms with E-state index in [9.17, 15) is 19.8 Å². The zero-order valence-corrected chi connectivity index (χ0v) is 20.9. The van der Waals surface area contributed by atoms with Crippen LogP contribution in [0.5, 0.6) is 0 Å². The molecule has 4 rings (SSSR count). The van der Waals surface area contributed by atoms with Crippen LogP contribution in [0.4, 0.5) is 5.69 Å². The van der Waals surface area contributed by atoms with Crippen molar-refractivity contribution in [2.75, 3.05) is 11.1 Å². The van der Waals surface area contributed by atoms with Crippen LogP contribution in [0.25, 0.3) is 0 Å². The summed E-state index contributed by atoms with van der Waals surface area (Å²) in [4.78, 5) is 23.9. The van der Waals surface area contributed by atoms with Crippen LogP contribution < -0.4 is 5.32 Å². The summed E-state index contributed by atoms with van der Waals surface area (Å²) in [7, 11) is 0. The van der Waals surface area contributed by atoms with Gasteiger partial charge in [-0.15, -0.1) is 11.8 Å². The number of amides is 1. The first-order valence-corrected chi connectivity index (χ1v) is 12.7. The van der Waals surface area contributed by atoms with Crippen LogP contribution in [-0.4, -0.2) is 33.9 Å². The fraction of sp³-hybridized carbons (Fsp3) is 0.286. The Balaban J connectivity index is 1.62. The highest BCUT2D eigenvalue weighted by atomic mass is 32.2. The second-order valence-electron chi connectivity index (χ2n) is 8.74. The number of nitrogens with one attached hydrogen (secondary N) is 1. The normalized spacial score (nSPS) is 21.6. The molecule has 3 aromatic carbocycles. The van der Waals surface area contributed by atoms with Gasteiger partial charge in [0.05, 0.1) is 24.4 Å². The quantitative estimate of drug-likeness (QED) is 0.350. The number of thioether (sulfide) groups is 1. The second-order valence-corrected chi connectivity index (χ2v) is 9.80. The maximum atomic E-state index is 11.7. The fourth-order valence-corrected chi connectivity index (χ4v) is 5.43. The number of aliphatic hydroxyl groups is 1. The lowest BCUT2D eigenvalue weighted by molar-refractivity contribution is -0.268. The van der Waals surface area contributed by atoms with Crippen LogP contribution in [0, 0.1) is 5.92 Å². The summed E-state index contributed by atoms with van der Waals surface area (Å²) in [5.74, 6) is -0.639. The van der Waals surface area contributed by atoms with Crippen molar-refractivity contribution >= 4 is 29.3 Å². The number of carboxylic acid groups (broad SMARTS) is 1. The zero-order valence-electron chi connectivity index (χ0n) is 20.1. The topological polar surface area (TPSA) is 105 Å². The first-order valence-electron chi connectivity index (χ1n) is 11.7. The van der Waals surface area contributed by atoms with Gasteiger partial charge in [0.15, 0.2) is 6.29 Å². The van der Waals surface area contributed by atoms with E-state index in [0.717, 1.165) is 16.7 Å². The van der Waals surface area contributed by atoms with Crippen molar-refractivity contribution in [2.24, 2.45) is 5.92 Å². The van der Waals surface area contributed by atoms with E-state index in [4.69, 9.17) is 9.47 Å². The van der Waals surface area contributed by atoms with Gasteiger partial charge >= 0.3 is 5.97 Å². The van der Waals surface area contributed by atoms with Crippen LogP contribution >= 0.6 is 11.8 Å². The molecule has 0 aliphatic carbocycles. The summed E-state index contributed by atoms with van der Waals surface area (Å²) in [6.07, 6.45) is -1.22. The van der Waals surface area contributed by atoms with Crippen LogP contribution in [-0.2, 0) is 20.9 Å². The molecule has 188 valence electrons. The SMILES string of the molecule is CC(=O)Nc1cccc([C@@H]2O[C@H](CSc3ccccc3C(=O)O)[C@H](C)[C@H](c3ccc(CO)cc3)O2)c1. The molecule has 1 aliphatic heterocycles. The molecule has 7 nitrogen and oxygen atoms in total. The maximum absolute atomic E-state index is 11.7. The van der Waals surface area contributed by atoms with Gasteiger partial charge < -0.3 is 25.0 Å². The minimum absolute atomic E-state index is 0.0364. The maximum Gasteiger partial charge on any atom is 0.336 e. The number of carbonyl (C=O) groups excluding carboxylic acids is 1. The minimum Gasteiger partial charge on any atom is -0.478 e. The highest BCUT2D eigenvalue weighted by molar-refractivity contribution is 7.99. The van der Waals surface area contributed by atoms with Gasteiger partial charge in [-0.05, 0) is 35.4 Å². The number of aliphatic hydroxyl groups excluding tert-OH is 1. The number of benzene rings is 3. The average molecular weight is 508 g/mol. The van der Waals surface area contributed by atoms with E-state index in [-0.39, 0.29) is 36.2 Å². The molecule has 0 saturated carbocycles. The number of ether oxygens (including phenoxy) is 2. The standard InChI is InChI=1S/C28H29NO6S/c1-17-24(16-36-25-9-4-3-8-23(25)27(32)33)34-28(21-6-5-7-22(14-21)29-18(2)31)35-26(17)20-12-10-19(15-30)11-13-20/h3-14,17,24,26,28,30H,15-16H2,1-2H3,(H,29,31)(H,32,33)/t17-,24+,26+,28+/m0/s1. The van der Waals surface area contributed by atoms with Crippen molar-refractivity contribution in [1.29, 1.82) is 0 Å². The summed E-state index contributed by atoms with van der Waals surface area (Å²) in [5, 5.41) is 21.8. The van der Waals surface area contributed by atoms with Crippen LogP contribution in [0.3, 0.4) is 0 Å².